The van der Waals surface area contributed by atoms with Crippen LogP contribution in [0.1, 0.15) is 4.88 Å². The van der Waals surface area contributed by atoms with E-state index in [0.717, 1.165) is 42.0 Å². The molecule has 6 nitrogen and oxygen atoms in total. The van der Waals surface area contributed by atoms with Gasteiger partial charge in [-0.25, -0.2) is 13.6 Å². The molecule has 0 bridgehead atoms. The third kappa shape index (κ3) is 4.40. The van der Waals surface area contributed by atoms with Crippen molar-refractivity contribution in [1.82, 2.24) is 4.90 Å². The van der Waals surface area contributed by atoms with Gasteiger partial charge in [0.2, 0.25) is 10.0 Å². The molecule has 154 valence electrons. The summed E-state index contributed by atoms with van der Waals surface area (Å²) in [5.74, 6) is 0. The van der Waals surface area contributed by atoms with Crippen molar-refractivity contribution in [3.05, 3.63) is 58.3 Å². The van der Waals surface area contributed by atoms with E-state index in [1.54, 1.807) is 12.1 Å². The van der Waals surface area contributed by atoms with Crippen molar-refractivity contribution in [3.63, 3.8) is 0 Å². The number of benzene rings is 2. The van der Waals surface area contributed by atoms with Gasteiger partial charge in [-0.15, -0.1) is 11.3 Å². The largest absolute Gasteiger partial charge is 0.369 e. The Kier molecular flexibility index (Phi) is 5.62. The quantitative estimate of drug-likeness (QED) is 0.630. The highest BCUT2D eigenvalue weighted by Gasteiger charge is 2.15. The summed E-state index contributed by atoms with van der Waals surface area (Å²) in [5.41, 5.74) is 2.30. The Morgan fingerprint density at radius 1 is 1.07 bits per heavy atom. The van der Waals surface area contributed by atoms with Gasteiger partial charge in [-0.05, 0) is 59.8 Å². The molecule has 1 aromatic heterocycles. The van der Waals surface area contributed by atoms with E-state index in [9.17, 15) is 8.42 Å². The Balaban J connectivity index is 1.60. The molecule has 0 saturated carbocycles. The highest BCUT2D eigenvalue weighted by atomic mass is 32.2. The number of thiophene rings is 1. The Morgan fingerprint density at radius 3 is 2.47 bits per heavy atom. The van der Waals surface area contributed by atoms with Gasteiger partial charge in [0.05, 0.1) is 0 Å². The van der Waals surface area contributed by atoms with E-state index in [1.807, 2.05) is 6.07 Å². The molecule has 0 radical (unpaired) electrons. The number of nitriles is 1. The molecule has 0 amide bonds. The smallest absolute Gasteiger partial charge is 0.248 e. The van der Waals surface area contributed by atoms with Crippen molar-refractivity contribution in [1.29, 1.82) is 5.26 Å². The van der Waals surface area contributed by atoms with Crippen molar-refractivity contribution in [2.75, 3.05) is 38.1 Å². The van der Waals surface area contributed by atoms with Gasteiger partial charge in [0.15, 0.2) is 4.91 Å². The van der Waals surface area contributed by atoms with Crippen molar-refractivity contribution in [3.8, 4) is 16.5 Å². The number of nitrogens with zero attached hydrogens (tertiary/aromatic N) is 3. The normalized spacial score (nSPS) is 16.0. The molecule has 4 rings (SSSR count). The maximum absolute atomic E-state index is 11.4. The minimum atomic E-state index is -4.01. The molecule has 1 fully saturated rings. The average molecular weight is 439 g/mol. The Labute approximate surface area is 180 Å². The lowest BCUT2D eigenvalue weighted by atomic mass is 10.0. The molecule has 2 heterocycles. The maximum atomic E-state index is 11.4. The summed E-state index contributed by atoms with van der Waals surface area (Å²) in [5, 5.41) is 16.4. The van der Waals surface area contributed by atoms with Gasteiger partial charge in [-0.1, -0.05) is 18.2 Å². The van der Waals surface area contributed by atoms with Gasteiger partial charge < -0.3 is 9.80 Å². The zero-order chi connectivity index (χ0) is 21.3. The fourth-order valence-electron chi connectivity index (χ4n) is 3.54. The zero-order valence-electron chi connectivity index (χ0n) is 16.6. The van der Waals surface area contributed by atoms with Gasteiger partial charge in [0.1, 0.15) is 6.07 Å². The number of hydrogen-bond acceptors (Lipinski definition) is 6. The second-order valence-electron chi connectivity index (χ2n) is 7.40. The van der Waals surface area contributed by atoms with Crippen LogP contribution < -0.4 is 10.0 Å². The molecule has 3 aromatic rings. The second-order valence-corrected chi connectivity index (χ2v) is 10.0. The minimum Gasteiger partial charge on any atom is -0.369 e. The van der Waals surface area contributed by atoms with Crippen LogP contribution in [0.3, 0.4) is 0 Å². The number of piperazine rings is 1. The van der Waals surface area contributed by atoms with Crippen molar-refractivity contribution in [2.24, 2.45) is 5.14 Å². The summed E-state index contributed by atoms with van der Waals surface area (Å²) in [6, 6.07) is 18.2. The fraction of sp³-hybridized carbons (Fsp3) is 0.227. The lowest BCUT2D eigenvalue weighted by Crippen LogP contribution is -2.44. The Hall–Kier alpha value is -2.70. The van der Waals surface area contributed by atoms with Crippen LogP contribution in [0.25, 0.3) is 27.3 Å². The highest BCUT2D eigenvalue weighted by molar-refractivity contribution is 7.93. The zero-order valence-corrected chi connectivity index (χ0v) is 18.2. The third-order valence-electron chi connectivity index (χ3n) is 5.29. The number of sulfonamides is 1. The van der Waals surface area contributed by atoms with Crippen LogP contribution in [0.15, 0.2) is 53.4 Å². The van der Waals surface area contributed by atoms with Gasteiger partial charge in [0.25, 0.3) is 0 Å². The molecule has 1 saturated heterocycles. The number of nitrogens with two attached hydrogens (primary N) is 1. The first-order valence-corrected chi connectivity index (χ1v) is 11.9. The van der Waals surface area contributed by atoms with E-state index >= 15 is 0 Å². The lowest BCUT2D eigenvalue weighted by Gasteiger charge is -2.34. The molecular weight excluding hydrogens is 416 g/mol. The topological polar surface area (TPSA) is 90.4 Å². The molecular formula is C22H22N4O2S2. The number of fused-ring (bicyclic) bond motifs is 1. The highest BCUT2D eigenvalue weighted by Crippen LogP contribution is 2.33. The number of hydrogen-bond donors (Lipinski definition) is 1. The summed E-state index contributed by atoms with van der Waals surface area (Å²) in [7, 11) is -1.86. The SMILES string of the molecule is CN1CCN(c2ccc3cc(-c4ccc(/C=C(\C#N)S(N)(=O)=O)s4)ccc3c2)CC1. The number of anilines is 1. The van der Waals surface area contributed by atoms with E-state index < -0.39 is 14.9 Å². The second kappa shape index (κ2) is 8.20. The Bertz CT molecular complexity index is 1260. The average Bonchev–Trinajstić information content (AvgIpc) is 3.20. The van der Waals surface area contributed by atoms with Crippen LogP contribution in [0, 0.1) is 11.3 Å². The first-order chi connectivity index (χ1) is 14.3. The fourth-order valence-corrected chi connectivity index (χ4v) is 4.98. The van der Waals surface area contributed by atoms with Gasteiger partial charge >= 0.3 is 0 Å². The monoisotopic (exact) mass is 438 g/mol. The molecule has 0 aliphatic carbocycles. The molecule has 1 aliphatic heterocycles. The molecule has 2 aromatic carbocycles. The number of likely N-dealkylation sites (N-methyl/N-ethyl adjacent to an activating group) is 1. The number of primary sulfonamides is 1. The van der Waals surface area contributed by atoms with Crippen molar-refractivity contribution < 1.29 is 8.42 Å². The van der Waals surface area contributed by atoms with Crippen LogP contribution in [0.5, 0.6) is 0 Å². The van der Waals surface area contributed by atoms with Crippen LogP contribution in [-0.2, 0) is 10.0 Å². The molecule has 0 spiro atoms. The minimum absolute atomic E-state index is 0.439. The van der Waals surface area contributed by atoms with Crippen molar-refractivity contribution in [2.45, 2.75) is 0 Å². The van der Waals surface area contributed by atoms with E-state index in [-0.39, 0.29) is 0 Å². The molecule has 0 unspecified atom stereocenters. The van der Waals surface area contributed by atoms with Crippen LogP contribution >= 0.6 is 11.3 Å². The standard InChI is InChI=1S/C22H22N4O2S2/c1-25-8-10-26(11-9-25)19-5-4-16-12-18(3-2-17(16)13-19)22-7-6-20(29-22)14-21(15-23)30(24,27)28/h2-7,12-14H,8-11H2,1H3,(H2,24,27,28)/b21-14+. The maximum Gasteiger partial charge on any atom is 0.248 e. The Morgan fingerprint density at radius 2 is 1.77 bits per heavy atom. The first-order valence-electron chi connectivity index (χ1n) is 9.55. The molecule has 30 heavy (non-hydrogen) atoms. The predicted molar refractivity (Wildman–Crippen MR) is 124 cm³/mol. The van der Waals surface area contributed by atoms with E-state index in [4.69, 9.17) is 10.4 Å². The van der Waals surface area contributed by atoms with E-state index in [0.29, 0.717) is 4.88 Å². The number of rotatable bonds is 4. The molecule has 0 atom stereocenters. The molecule has 2 N–H and O–H groups in total. The summed E-state index contributed by atoms with van der Waals surface area (Å²) in [6.45, 7) is 4.22. The first kappa shape index (κ1) is 20.6. The van der Waals surface area contributed by atoms with Crippen molar-refractivity contribution >= 4 is 43.9 Å². The van der Waals surface area contributed by atoms with E-state index in [1.165, 1.54) is 28.5 Å². The summed E-state index contributed by atoms with van der Waals surface area (Å²) in [4.78, 5) is 5.99. The van der Waals surface area contributed by atoms with Crippen LogP contribution in [0.2, 0.25) is 0 Å². The van der Waals surface area contributed by atoms with Crippen LogP contribution in [-0.4, -0.2) is 46.5 Å². The summed E-state index contributed by atoms with van der Waals surface area (Å²) in [6.07, 6.45) is 1.31. The van der Waals surface area contributed by atoms with Crippen LogP contribution in [0.4, 0.5) is 5.69 Å². The summed E-state index contributed by atoms with van der Waals surface area (Å²) >= 11 is 1.42. The summed E-state index contributed by atoms with van der Waals surface area (Å²) < 4.78 is 22.9. The van der Waals surface area contributed by atoms with Gasteiger partial charge in [-0.2, -0.15) is 5.26 Å². The van der Waals surface area contributed by atoms with Gasteiger partial charge in [0, 0.05) is 41.6 Å². The number of allylic oxidation sites excluding steroid dienone is 1. The molecule has 8 heteroatoms. The third-order valence-corrected chi connectivity index (χ3v) is 7.20. The van der Waals surface area contributed by atoms with Gasteiger partial charge in [-0.3, -0.25) is 0 Å². The van der Waals surface area contributed by atoms with E-state index in [2.05, 4.69) is 53.2 Å². The molecule has 1 aliphatic rings. The lowest BCUT2D eigenvalue weighted by molar-refractivity contribution is 0.313. The predicted octanol–water partition coefficient (Wildman–Crippen LogP) is 3.47.